The second-order valence-electron chi connectivity index (χ2n) is 7.58. The fraction of sp³-hybridized carbons (Fsp3) is 0.579. The van der Waals surface area contributed by atoms with Crippen LogP contribution in [0.4, 0.5) is 9.59 Å². The average Bonchev–Trinajstić information content (AvgIpc) is 3.36. The van der Waals surface area contributed by atoms with Gasteiger partial charge in [-0.2, -0.15) is 0 Å². The minimum atomic E-state index is -0.646. The summed E-state index contributed by atoms with van der Waals surface area (Å²) in [6.45, 7) is 8.47. The molecule has 2 aromatic heterocycles. The van der Waals surface area contributed by atoms with Gasteiger partial charge in [-0.25, -0.2) is 28.7 Å². The normalized spacial score (nSPS) is 12.0. The van der Waals surface area contributed by atoms with Gasteiger partial charge in [-0.05, 0) is 34.1 Å². The number of hydrogen-bond donors (Lipinski definition) is 0. The Bertz CT molecular complexity index is 756. The first-order valence-corrected chi connectivity index (χ1v) is 9.27. The van der Waals surface area contributed by atoms with Gasteiger partial charge in [0.15, 0.2) is 0 Å². The van der Waals surface area contributed by atoms with Crippen LogP contribution in [0.3, 0.4) is 0 Å². The van der Waals surface area contributed by atoms with Crippen molar-refractivity contribution in [1.29, 1.82) is 0 Å². The summed E-state index contributed by atoms with van der Waals surface area (Å²) < 4.78 is 24.5. The molecule has 0 aromatic carbocycles. The van der Waals surface area contributed by atoms with Crippen molar-refractivity contribution >= 4 is 12.2 Å². The highest BCUT2D eigenvalue weighted by Gasteiger charge is 2.24. The van der Waals surface area contributed by atoms with Crippen LogP contribution in [0.25, 0.3) is 0 Å². The molecule has 2 aromatic rings. The fourth-order valence-corrected chi connectivity index (χ4v) is 2.25. The topological polar surface area (TPSA) is 107 Å². The number of nitrogens with zero attached hydrogens (tertiary/aromatic N) is 4. The maximum Gasteiger partial charge on any atom is 0.419 e. The van der Waals surface area contributed by atoms with Crippen LogP contribution >= 0.6 is 0 Å². The Labute approximate surface area is 169 Å². The zero-order valence-electron chi connectivity index (χ0n) is 17.2. The van der Waals surface area contributed by atoms with E-state index in [-0.39, 0.29) is 19.8 Å². The summed E-state index contributed by atoms with van der Waals surface area (Å²) in [7, 11) is 0. The first-order valence-electron chi connectivity index (χ1n) is 9.27. The maximum atomic E-state index is 11.8. The number of hydrogen-bond acceptors (Lipinski definition) is 8. The summed E-state index contributed by atoms with van der Waals surface area (Å²) in [5, 5.41) is 0. The Morgan fingerprint density at radius 3 is 1.90 bits per heavy atom. The van der Waals surface area contributed by atoms with Gasteiger partial charge >= 0.3 is 12.2 Å². The van der Waals surface area contributed by atoms with Gasteiger partial charge in [-0.1, -0.05) is 0 Å². The maximum absolute atomic E-state index is 11.8. The van der Waals surface area contributed by atoms with Crippen molar-refractivity contribution in [2.24, 2.45) is 0 Å². The van der Waals surface area contributed by atoms with E-state index in [4.69, 9.17) is 18.9 Å². The van der Waals surface area contributed by atoms with E-state index in [2.05, 4.69) is 9.97 Å². The van der Waals surface area contributed by atoms with E-state index in [1.807, 2.05) is 27.7 Å². The Morgan fingerprint density at radius 1 is 0.793 bits per heavy atom. The molecule has 0 fully saturated rings. The van der Waals surface area contributed by atoms with Gasteiger partial charge in [0.05, 0.1) is 24.4 Å². The molecule has 0 saturated carbocycles. The molecule has 0 atom stereocenters. The number of carbonyl (C=O) groups is 2. The zero-order chi connectivity index (χ0) is 21.3. The molecular formula is C19H28N4O6. The lowest BCUT2D eigenvalue weighted by molar-refractivity contribution is -0.0928. The summed E-state index contributed by atoms with van der Waals surface area (Å²) >= 11 is 0. The van der Waals surface area contributed by atoms with E-state index < -0.39 is 23.4 Å². The third-order valence-corrected chi connectivity index (χ3v) is 3.97. The van der Waals surface area contributed by atoms with Crippen molar-refractivity contribution in [2.75, 3.05) is 26.4 Å². The standard InChI is InChI=1S/C19H28N4O6/c1-18(2,29-12-11-26-16(24)22-8-6-20-14-22)5-10-28-19(3,4)13-27-17(25)23-9-7-21-15-23/h6-9,14-15H,5,10-13H2,1-4H3. The van der Waals surface area contributed by atoms with Crippen molar-refractivity contribution in [1.82, 2.24) is 19.1 Å². The molecule has 0 N–H and O–H groups in total. The molecule has 0 amide bonds. The molecule has 0 aliphatic heterocycles. The van der Waals surface area contributed by atoms with Gasteiger partial charge < -0.3 is 18.9 Å². The summed E-state index contributed by atoms with van der Waals surface area (Å²) in [6.07, 6.45) is 8.39. The molecule has 0 aliphatic rings. The molecule has 0 radical (unpaired) electrons. The van der Waals surface area contributed by atoms with Gasteiger partial charge in [0.1, 0.15) is 25.9 Å². The van der Waals surface area contributed by atoms with Crippen LogP contribution in [0, 0.1) is 0 Å². The molecule has 29 heavy (non-hydrogen) atoms. The molecule has 0 bridgehead atoms. The van der Waals surface area contributed by atoms with Crippen LogP contribution in [0.5, 0.6) is 0 Å². The Hall–Kier alpha value is -2.72. The van der Waals surface area contributed by atoms with Gasteiger partial charge in [0.25, 0.3) is 0 Å². The third kappa shape index (κ3) is 8.04. The minimum absolute atomic E-state index is 0.107. The molecular weight excluding hydrogens is 380 g/mol. The van der Waals surface area contributed by atoms with E-state index in [1.54, 1.807) is 0 Å². The zero-order valence-corrected chi connectivity index (χ0v) is 17.2. The predicted molar refractivity (Wildman–Crippen MR) is 103 cm³/mol. The molecule has 0 aliphatic carbocycles. The number of rotatable bonds is 10. The highest BCUT2D eigenvalue weighted by atomic mass is 16.6. The molecule has 10 nitrogen and oxygen atoms in total. The molecule has 2 heterocycles. The molecule has 0 unspecified atom stereocenters. The summed E-state index contributed by atoms with van der Waals surface area (Å²) in [4.78, 5) is 31.1. The lowest BCUT2D eigenvalue weighted by Crippen LogP contribution is -2.35. The van der Waals surface area contributed by atoms with Crippen LogP contribution in [-0.4, -0.2) is 68.9 Å². The lowest BCUT2D eigenvalue weighted by Gasteiger charge is -2.29. The molecule has 160 valence electrons. The van der Waals surface area contributed by atoms with Crippen molar-refractivity contribution in [3.8, 4) is 0 Å². The monoisotopic (exact) mass is 408 g/mol. The molecule has 2 rings (SSSR count). The van der Waals surface area contributed by atoms with E-state index >= 15 is 0 Å². The number of aromatic nitrogens is 4. The number of imidazole rings is 2. The smallest absolute Gasteiger partial charge is 0.419 e. The van der Waals surface area contributed by atoms with E-state index in [1.165, 1.54) is 46.6 Å². The predicted octanol–water partition coefficient (Wildman–Crippen LogP) is 2.73. The summed E-state index contributed by atoms with van der Waals surface area (Å²) in [6, 6.07) is 0. The molecule has 0 spiro atoms. The van der Waals surface area contributed by atoms with Crippen molar-refractivity contribution < 1.29 is 28.5 Å². The van der Waals surface area contributed by atoms with Gasteiger partial charge in [-0.3, -0.25) is 0 Å². The van der Waals surface area contributed by atoms with Gasteiger partial charge in [0.2, 0.25) is 0 Å². The summed E-state index contributed by atoms with van der Waals surface area (Å²) in [5.41, 5.74) is -1.11. The lowest BCUT2D eigenvalue weighted by atomic mass is 10.1. The SMILES string of the molecule is CC(C)(CCOC(C)(C)COC(=O)n1ccnc1)OCCOC(=O)n1ccnc1. The van der Waals surface area contributed by atoms with Gasteiger partial charge in [-0.15, -0.1) is 0 Å². The van der Waals surface area contributed by atoms with Crippen molar-refractivity contribution in [3.05, 3.63) is 37.4 Å². The molecule has 0 saturated heterocycles. The van der Waals surface area contributed by atoms with Gasteiger partial charge in [0, 0.05) is 24.8 Å². The van der Waals surface area contributed by atoms with Crippen molar-refractivity contribution in [2.45, 2.75) is 45.3 Å². The highest BCUT2D eigenvalue weighted by Crippen LogP contribution is 2.18. The number of ether oxygens (including phenoxy) is 4. The largest absolute Gasteiger partial charge is 0.446 e. The van der Waals surface area contributed by atoms with Crippen LogP contribution in [0.1, 0.15) is 34.1 Å². The van der Waals surface area contributed by atoms with E-state index in [0.717, 1.165) is 0 Å². The van der Waals surface area contributed by atoms with Crippen LogP contribution in [0.15, 0.2) is 37.4 Å². The first kappa shape index (κ1) is 22.6. The Morgan fingerprint density at radius 2 is 1.34 bits per heavy atom. The second kappa shape index (κ2) is 10.2. The Balaban J connectivity index is 1.61. The van der Waals surface area contributed by atoms with Crippen LogP contribution < -0.4 is 0 Å². The minimum Gasteiger partial charge on any atom is -0.446 e. The average molecular weight is 408 g/mol. The first-order chi connectivity index (χ1) is 13.7. The summed E-state index contributed by atoms with van der Waals surface area (Å²) in [5.74, 6) is 0. The van der Waals surface area contributed by atoms with Crippen LogP contribution in [0.2, 0.25) is 0 Å². The third-order valence-electron chi connectivity index (χ3n) is 3.97. The second-order valence-corrected chi connectivity index (χ2v) is 7.58. The van der Waals surface area contributed by atoms with Crippen LogP contribution in [-0.2, 0) is 18.9 Å². The number of carbonyl (C=O) groups excluding carboxylic acids is 2. The van der Waals surface area contributed by atoms with E-state index in [9.17, 15) is 9.59 Å². The van der Waals surface area contributed by atoms with Crippen molar-refractivity contribution in [3.63, 3.8) is 0 Å². The van der Waals surface area contributed by atoms with E-state index in [0.29, 0.717) is 13.0 Å². The molecule has 10 heteroatoms. The highest BCUT2D eigenvalue weighted by molar-refractivity contribution is 5.70. The Kier molecular flexibility index (Phi) is 7.91. The fourth-order valence-electron chi connectivity index (χ4n) is 2.25. The quantitative estimate of drug-likeness (QED) is 0.553.